The molecule has 0 spiro atoms. The van der Waals surface area contributed by atoms with Gasteiger partial charge in [0.1, 0.15) is 34.0 Å². The smallest absolute Gasteiger partial charge is 0.266 e. The number of aromatic nitrogens is 1. The average molecular weight is 567 g/mol. The van der Waals surface area contributed by atoms with E-state index in [4.69, 9.17) is 18.9 Å². The Morgan fingerprint density at radius 3 is 2.62 bits per heavy atom. The summed E-state index contributed by atoms with van der Waals surface area (Å²) in [7, 11) is 3.02. The summed E-state index contributed by atoms with van der Waals surface area (Å²) in [6, 6.07) is 9.50. The summed E-state index contributed by atoms with van der Waals surface area (Å²) in [5.41, 5.74) is 1.71. The Hall–Kier alpha value is -4.32. The third-order valence-corrected chi connectivity index (χ3v) is 7.80. The van der Waals surface area contributed by atoms with Crippen LogP contribution in [-0.2, 0) is 11.3 Å². The molecular formula is C28H30N4O7S. The number of amides is 3. The topological polar surface area (TPSA) is 128 Å². The molecule has 0 saturated carbocycles. The first-order chi connectivity index (χ1) is 19.2. The van der Waals surface area contributed by atoms with Crippen molar-refractivity contribution in [3.63, 3.8) is 0 Å². The Labute approximate surface area is 235 Å². The monoisotopic (exact) mass is 566 g/mol. The minimum Gasteiger partial charge on any atom is -0.497 e. The van der Waals surface area contributed by atoms with E-state index in [0.29, 0.717) is 33.6 Å². The van der Waals surface area contributed by atoms with Crippen LogP contribution in [-0.4, -0.2) is 73.7 Å². The molecule has 2 N–H and O–H groups in total. The number of likely N-dealkylation sites (tertiary alicyclic amines) is 1. The van der Waals surface area contributed by atoms with Gasteiger partial charge in [0, 0.05) is 36.3 Å². The second-order valence-electron chi connectivity index (χ2n) is 9.53. The van der Waals surface area contributed by atoms with Gasteiger partial charge in [0.2, 0.25) is 0 Å². The third kappa shape index (κ3) is 5.81. The van der Waals surface area contributed by atoms with E-state index in [1.807, 2.05) is 13.8 Å². The standard InChI is InChI=1S/C28H30N4O7S/c1-15-26(40-16(2)30-15)28(35)32-12-22-24(13-32)39-19-6-5-17(23(10-19)37-4)11-29-25(33)14-38-21-8-18(27(34)31-22)7-20(9-21)36-3/h5-10,22,24H,11-14H2,1-4H3,(H,29,33)(H,31,34)/t22-,24-/m0/s1. The second kappa shape index (κ2) is 11.4. The highest BCUT2D eigenvalue weighted by atomic mass is 32.1. The number of fused-ring (bicyclic) bond motifs is 7. The van der Waals surface area contributed by atoms with Crippen LogP contribution in [0.25, 0.3) is 0 Å². The van der Waals surface area contributed by atoms with Crippen LogP contribution in [0.3, 0.4) is 0 Å². The molecule has 210 valence electrons. The van der Waals surface area contributed by atoms with E-state index in [1.54, 1.807) is 41.3 Å². The largest absolute Gasteiger partial charge is 0.497 e. The molecule has 1 aromatic heterocycles. The molecule has 11 nitrogen and oxygen atoms in total. The molecule has 40 heavy (non-hydrogen) atoms. The zero-order valence-electron chi connectivity index (χ0n) is 22.6. The molecule has 3 aromatic rings. The van der Waals surface area contributed by atoms with Crippen molar-refractivity contribution < 1.29 is 33.3 Å². The fraction of sp³-hybridized carbons (Fsp3) is 0.357. The van der Waals surface area contributed by atoms with Gasteiger partial charge >= 0.3 is 0 Å². The van der Waals surface area contributed by atoms with Crippen LogP contribution < -0.4 is 29.6 Å². The van der Waals surface area contributed by atoms with Crippen LogP contribution in [0.2, 0.25) is 0 Å². The van der Waals surface area contributed by atoms with Gasteiger partial charge in [-0.05, 0) is 38.1 Å². The summed E-state index contributed by atoms with van der Waals surface area (Å²) in [5, 5.41) is 6.64. The molecule has 0 unspecified atom stereocenters. The van der Waals surface area contributed by atoms with Gasteiger partial charge in [-0.3, -0.25) is 14.4 Å². The molecule has 4 bridgehead atoms. The normalized spacial score (nSPS) is 19.1. The first-order valence-corrected chi connectivity index (χ1v) is 13.5. The number of hydrogen-bond acceptors (Lipinski definition) is 9. The maximum absolute atomic E-state index is 13.4. The van der Waals surface area contributed by atoms with Gasteiger partial charge in [0.15, 0.2) is 6.61 Å². The first-order valence-electron chi connectivity index (χ1n) is 12.7. The Morgan fingerprint density at radius 1 is 1.07 bits per heavy atom. The van der Waals surface area contributed by atoms with Gasteiger partial charge in [-0.15, -0.1) is 11.3 Å². The average Bonchev–Trinajstić information content (AvgIpc) is 3.50. The predicted octanol–water partition coefficient (Wildman–Crippen LogP) is 2.49. The molecule has 6 rings (SSSR count). The summed E-state index contributed by atoms with van der Waals surface area (Å²) in [6.07, 6.45) is -0.547. The molecule has 3 amide bonds. The van der Waals surface area contributed by atoms with Crippen LogP contribution in [0.5, 0.6) is 23.0 Å². The number of benzene rings is 2. The zero-order chi connectivity index (χ0) is 28.4. The van der Waals surface area contributed by atoms with E-state index in [9.17, 15) is 14.4 Å². The van der Waals surface area contributed by atoms with Crippen LogP contribution in [0.1, 0.15) is 36.3 Å². The molecule has 4 heterocycles. The van der Waals surface area contributed by atoms with E-state index >= 15 is 0 Å². The molecule has 3 aliphatic rings. The number of methoxy groups -OCH3 is 2. The number of aryl methyl sites for hydroxylation is 2. The van der Waals surface area contributed by atoms with Crippen molar-refractivity contribution in [2.75, 3.05) is 33.9 Å². The SMILES string of the molecule is COc1cc2cc(c1)C(=O)N[C@H]1CN(C(=O)c3sc(C)nc3C)C[C@@H]1Oc1ccc(c(OC)c1)CNC(=O)CO2. The molecular weight excluding hydrogens is 536 g/mol. The van der Waals surface area contributed by atoms with E-state index in [0.717, 1.165) is 10.6 Å². The van der Waals surface area contributed by atoms with Crippen LogP contribution in [0, 0.1) is 13.8 Å². The second-order valence-corrected chi connectivity index (χ2v) is 10.7. The van der Waals surface area contributed by atoms with E-state index in [-0.39, 0.29) is 43.6 Å². The number of hydrogen-bond donors (Lipinski definition) is 2. The summed E-state index contributed by atoms with van der Waals surface area (Å²) >= 11 is 1.35. The number of nitrogens with one attached hydrogen (secondary N) is 2. The van der Waals surface area contributed by atoms with Crippen LogP contribution in [0.15, 0.2) is 36.4 Å². The molecule has 1 fully saturated rings. The Balaban J connectivity index is 1.49. The quantitative estimate of drug-likeness (QED) is 0.495. The van der Waals surface area contributed by atoms with Crippen molar-refractivity contribution in [3.05, 3.63) is 63.1 Å². The highest BCUT2D eigenvalue weighted by Gasteiger charge is 2.39. The zero-order valence-corrected chi connectivity index (χ0v) is 23.4. The highest BCUT2D eigenvalue weighted by Crippen LogP contribution is 2.29. The third-order valence-electron chi connectivity index (χ3n) is 6.74. The van der Waals surface area contributed by atoms with E-state index in [2.05, 4.69) is 15.6 Å². The maximum atomic E-state index is 13.4. The van der Waals surface area contributed by atoms with Crippen molar-refractivity contribution in [1.82, 2.24) is 20.5 Å². The maximum Gasteiger partial charge on any atom is 0.266 e. The molecule has 3 aliphatic heterocycles. The molecule has 0 aliphatic carbocycles. The van der Waals surface area contributed by atoms with Gasteiger partial charge in [0.25, 0.3) is 17.7 Å². The van der Waals surface area contributed by atoms with Crippen molar-refractivity contribution in [3.8, 4) is 23.0 Å². The minimum absolute atomic E-state index is 0.156. The summed E-state index contributed by atoms with van der Waals surface area (Å²) in [5.74, 6) is 0.840. The lowest BCUT2D eigenvalue weighted by Crippen LogP contribution is -2.45. The summed E-state index contributed by atoms with van der Waals surface area (Å²) < 4.78 is 22.9. The molecule has 12 heteroatoms. The number of carbonyl (C=O) groups is 3. The van der Waals surface area contributed by atoms with Crippen LogP contribution in [0.4, 0.5) is 0 Å². The minimum atomic E-state index is -0.547. The summed E-state index contributed by atoms with van der Waals surface area (Å²) in [6.45, 7) is 4.14. The van der Waals surface area contributed by atoms with Crippen molar-refractivity contribution in [2.45, 2.75) is 32.5 Å². The fourth-order valence-corrected chi connectivity index (χ4v) is 5.63. The number of carbonyl (C=O) groups excluding carboxylic acids is 3. The Morgan fingerprint density at radius 2 is 1.90 bits per heavy atom. The molecule has 2 atom stereocenters. The lowest BCUT2D eigenvalue weighted by molar-refractivity contribution is -0.123. The number of rotatable bonds is 3. The van der Waals surface area contributed by atoms with Gasteiger partial charge in [0.05, 0.1) is 37.5 Å². The van der Waals surface area contributed by atoms with Gasteiger partial charge in [-0.1, -0.05) is 0 Å². The molecule has 0 radical (unpaired) electrons. The number of thiazole rings is 1. The molecule has 1 saturated heterocycles. The van der Waals surface area contributed by atoms with Crippen molar-refractivity contribution in [1.29, 1.82) is 0 Å². The molecule has 2 aromatic carbocycles. The number of ether oxygens (including phenoxy) is 4. The van der Waals surface area contributed by atoms with Gasteiger partial charge in [-0.25, -0.2) is 4.98 Å². The van der Waals surface area contributed by atoms with E-state index < -0.39 is 18.1 Å². The fourth-order valence-electron chi connectivity index (χ4n) is 4.74. The lowest BCUT2D eigenvalue weighted by atomic mass is 10.1. The van der Waals surface area contributed by atoms with Gasteiger partial charge in [-0.2, -0.15) is 0 Å². The van der Waals surface area contributed by atoms with Crippen LogP contribution >= 0.6 is 11.3 Å². The lowest BCUT2D eigenvalue weighted by Gasteiger charge is -2.22. The number of nitrogens with zero attached hydrogens (tertiary/aromatic N) is 2. The Bertz CT molecular complexity index is 1460. The van der Waals surface area contributed by atoms with Crippen molar-refractivity contribution >= 4 is 29.1 Å². The van der Waals surface area contributed by atoms with Crippen molar-refractivity contribution in [2.24, 2.45) is 0 Å². The first kappa shape index (κ1) is 27.3. The van der Waals surface area contributed by atoms with E-state index in [1.165, 1.54) is 25.6 Å². The summed E-state index contributed by atoms with van der Waals surface area (Å²) in [4.78, 5) is 46.0. The predicted molar refractivity (Wildman–Crippen MR) is 146 cm³/mol. The van der Waals surface area contributed by atoms with Gasteiger partial charge < -0.3 is 34.5 Å². The highest BCUT2D eigenvalue weighted by molar-refractivity contribution is 7.13. The Kier molecular flexibility index (Phi) is 7.78.